The Labute approximate surface area is 154 Å². The zero-order valence-electron chi connectivity index (χ0n) is 15.3. The topological polar surface area (TPSA) is 46.5 Å². The van der Waals surface area contributed by atoms with E-state index in [0.717, 1.165) is 22.3 Å². The van der Waals surface area contributed by atoms with Crippen LogP contribution in [0.4, 0.5) is 4.39 Å². The Bertz CT molecular complexity index is 796. The van der Waals surface area contributed by atoms with Gasteiger partial charge in [0.1, 0.15) is 5.82 Å². The second-order valence-electron chi connectivity index (χ2n) is 6.46. The molecule has 0 amide bonds. The highest BCUT2D eigenvalue weighted by Gasteiger charge is 2.10. The second kappa shape index (κ2) is 9.30. The van der Waals surface area contributed by atoms with E-state index in [9.17, 15) is 14.3 Å². The minimum atomic E-state index is -0.393. The molecule has 0 radical (unpaired) electrons. The summed E-state index contributed by atoms with van der Waals surface area (Å²) in [6, 6.07) is 11.0. The minimum absolute atomic E-state index is 0.0515. The molecule has 1 N–H and O–H groups in total. The third-order valence-corrected chi connectivity index (χ3v) is 4.20. The Morgan fingerprint density at radius 1 is 1.15 bits per heavy atom. The van der Waals surface area contributed by atoms with Crippen LogP contribution in [-0.2, 0) is 22.4 Å². The molecule has 0 atom stereocenters. The summed E-state index contributed by atoms with van der Waals surface area (Å²) < 4.78 is 19.4. The van der Waals surface area contributed by atoms with Crippen molar-refractivity contribution in [3.63, 3.8) is 0 Å². The van der Waals surface area contributed by atoms with Gasteiger partial charge in [0.05, 0.1) is 6.61 Å². The average molecular weight is 356 g/mol. The molecule has 3 nitrogen and oxygen atoms in total. The van der Waals surface area contributed by atoms with Crippen LogP contribution in [-0.4, -0.2) is 24.3 Å². The van der Waals surface area contributed by atoms with E-state index in [-0.39, 0.29) is 12.4 Å². The van der Waals surface area contributed by atoms with E-state index in [1.54, 1.807) is 13.0 Å². The summed E-state index contributed by atoms with van der Waals surface area (Å²) in [6.45, 7) is 7.37. The maximum atomic E-state index is 14.3. The van der Waals surface area contributed by atoms with E-state index in [1.807, 2.05) is 31.2 Å². The first-order chi connectivity index (χ1) is 12.4. The average Bonchev–Trinajstić information content (AvgIpc) is 2.60. The molecule has 0 bridgehead atoms. The van der Waals surface area contributed by atoms with Crippen LogP contribution >= 0.6 is 0 Å². The summed E-state index contributed by atoms with van der Waals surface area (Å²) in [5.74, 6) is -0.641. The van der Waals surface area contributed by atoms with Gasteiger partial charge in [-0.15, -0.1) is 0 Å². The van der Waals surface area contributed by atoms with Crippen molar-refractivity contribution in [2.45, 2.75) is 33.1 Å². The van der Waals surface area contributed by atoms with E-state index in [1.165, 1.54) is 6.07 Å². The lowest BCUT2D eigenvalue weighted by Crippen LogP contribution is -2.07. The third-order valence-electron chi connectivity index (χ3n) is 4.20. The van der Waals surface area contributed by atoms with E-state index in [2.05, 4.69) is 6.58 Å². The smallest absolute Gasteiger partial charge is 0.333 e. The summed E-state index contributed by atoms with van der Waals surface area (Å²) in [4.78, 5) is 11.4. The van der Waals surface area contributed by atoms with Crippen LogP contribution in [0.5, 0.6) is 0 Å². The lowest BCUT2D eigenvalue weighted by molar-refractivity contribution is -0.139. The number of hydrogen-bond donors (Lipinski definition) is 1. The Kier molecular flexibility index (Phi) is 7.10. The van der Waals surface area contributed by atoms with E-state index in [0.29, 0.717) is 37.0 Å². The van der Waals surface area contributed by atoms with Crippen molar-refractivity contribution < 1.29 is 19.0 Å². The highest BCUT2D eigenvalue weighted by atomic mass is 19.1. The Hall–Kier alpha value is -2.46. The third kappa shape index (κ3) is 5.27. The first kappa shape index (κ1) is 19.9. The molecule has 0 spiro atoms. The van der Waals surface area contributed by atoms with Crippen molar-refractivity contribution in [1.82, 2.24) is 0 Å². The fourth-order valence-corrected chi connectivity index (χ4v) is 2.80. The molecule has 138 valence electrons. The zero-order chi connectivity index (χ0) is 19.1. The molecule has 26 heavy (non-hydrogen) atoms. The van der Waals surface area contributed by atoms with Gasteiger partial charge in [0.15, 0.2) is 0 Å². The number of carbonyl (C=O) groups is 1. The molecule has 0 heterocycles. The first-order valence-corrected chi connectivity index (χ1v) is 8.74. The van der Waals surface area contributed by atoms with Crippen LogP contribution in [0.15, 0.2) is 48.6 Å². The first-order valence-electron chi connectivity index (χ1n) is 8.74. The van der Waals surface area contributed by atoms with Crippen LogP contribution in [0.3, 0.4) is 0 Å². The van der Waals surface area contributed by atoms with Gasteiger partial charge in [0.2, 0.25) is 0 Å². The number of ether oxygens (including phenoxy) is 1. The number of hydrogen-bond acceptors (Lipinski definition) is 3. The van der Waals surface area contributed by atoms with E-state index in [4.69, 9.17) is 4.74 Å². The number of aliphatic hydroxyl groups excluding tert-OH is 1. The van der Waals surface area contributed by atoms with Gasteiger partial charge < -0.3 is 9.84 Å². The number of benzene rings is 2. The molecule has 4 heteroatoms. The molecule has 0 aliphatic rings. The van der Waals surface area contributed by atoms with Crippen molar-refractivity contribution in [2.24, 2.45) is 0 Å². The van der Waals surface area contributed by atoms with Gasteiger partial charge in [0.25, 0.3) is 0 Å². The molecular weight excluding hydrogens is 331 g/mol. The Morgan fingerprint density at radius 3 is 2.58 bits per heavy atom. The molecule has 0 saturated carbocycles. The highest BCUT2D eigenvalue weighted by molar-refractivity contribution is 5.86. The molecule has 0 unspecified atom stereocenters. The fraction of sp³-hybridized carbons (Fsp3) is 0.318. The molecule has 2 aromatic rings. The number of aliphatic hydroxyl groups is 1. The quantitative estimate of drug-likeness (QED) is 0.433. The van der Waals surface area contributed by atoms with Crippen LogP contribution in [0.2, 0.25) is 0 Å². The number of carbonyl (C=O) groups excluding carboxylic acids is 1. The molecule has 0 aliphatic heterocycles. The van der Waals surface area contributed by atoms with Gasteiger partial charge in [-0.2, -0.15) is 0 Å². The van der Waals surface area contributed by atoms with Crippen molar-refractivity contribution in [3.05, 3.63) is 71.1 Å². The fourth-order valence-electron chi connectivity index (χ4n) is 2.80. The van der Waals surface area contributed by atoms with Crippen molar-refractivity contribution in [3.8, 4) is 11.1 Å². The second-order valence-corrected chi connectivity index (χ2v) is 6.46. The minimum Gasteiger partial charge on any atom is -0.462 e. The zero-order valence-corrected chi connectivity index (χ0v) is 15.3. The monoisotopic (exact) mass is 356 g/mol. The van der Waals surface area contributed by atoms with Crippen LogP contribution in [0.1, 0.15) is 30.0 Å². The van der Waals surface area contributed by atoms with Crippen molar-refractivity contribution >= 4 is 5.97 Å². The summed E-state index contributed by atoms with van der Waals surface area (Å²) >= 11 is 0. The summed E-state index contributed by atoms with van der Waals surface area (Å²) in [7, 11) is 0. The lowest BCUT2D eigenvalue weighted by Gasteiger charge is -2.13. The van der Waals surface area contributed by atoms with Crippen molar-refractivity contribution in [1.29, 1.82) is 0 Å². The van der Waals surface area contributed by atoms with Crippen molar-refractivity contribution in [2.75, 3.05) is 13.2 Å². The standard InChI is InChI=1S/C22H25FO3/c1-15(2)22(25)26-12-4-5-18-14-19(8-7-17(18)10-11-24)20-9-6-16(3)13-21(20)23/h6-9,13-14,24H,1,4-5,10-12H2,2-3H3. The van der Waals surface area contributed by atoms with Gasteiger partial charge in [-0.1, -0.05) is 36.9 Å². The van der Waals surface area contributed by atoms with Gasteiger partial charge in [-0.3, -0.25) is 0 Å². The molecule has 2 aromatic carbocycles. The summed E-state index contributed by atoms with van der Waals surface area (Å²) in [6.07, 6.45) is 1.87. The summed E-state index contributed by atoms with van der Waals surface area (Å²) in [5, 5.41) is 9.27. The lowest BCUT2D eigenvalue weighted by atomic mass is 9.94. The number of halogens is 1. The normalized spacial score (nSPS) is 10.6. The number of aryl methyl sites for hydroxylation is 2. The van der Waals surface area contributed by atoms with E-state index < -0.39 is 5.97 Å². The molecule has 0 aliphatic carbocycles. The predicted octanol–water partition coefficient (Wildman–Crippen LogP) is 4.39. The van der Waals surface area contributed by atoms with Gasteiger partial charge in [0, 0.05) is 17.7 Å². The van der Waals surface area contributed by atoms with E-state index >= 15 is 0 Å². The largest absolute Gasteiger partial charge is 0.462 e. The SMILES string of the molecule is C=C(C)C(=O)OCCCc1cc(-c2ccc(C)cc2F)ccc1CCO. The maximum absolute atomic E-state index is 14.3. The molecule has 0 fully saturated rings. The Morgan fingerprint density at radius 2 is 1.92 bits per heavy atom. The molecule has 2 rings (SSSR count). The van der Waals surface area contributed by atoms with Crippen LogP contribution in [0, 0.1) is 12.7 Å². The molecular formula is C22H25FO3. The predicted molar refractivity (Wildman–Crippen MR) is 101 cm³/mol. The highest BCUT2D eigenvalue weighted by Crippen LogP contribution is 2.27. The molecule has 0 saturated heterocycles. The maximum Gasteiger partial charge on any atom is 0.333 e. The van der Waals surface area contributed by atoms with Gasteiger partial charge in [-0.25, -0.2) is 9.18 Å². The summed E-state index contributed by atoms with van der Waals surface area (Å²) in [5.41, 5.74) is 4.67. The number of esters is 1. The molecule has 0 aromatic heterocycles. The van der Waals surface area contributed by atoms with Crippen LogP contribution < -0.4 is 0 Å². The number of rotatable bonds is 8. The van der Waals surface area contributed by atoms with Crippen LogP contribution in [0.25, 0.3) is 11.1 Å². The Balaban J connectivity index is 2.17. The van der Waals surface area contributed by atoms with Gasteiger partial charge >= 0.3 is 5.97 Å². The van der Waals surface area contributed by atoms with Gasteiger partial charge in [-0.05, 0) is 61.4 Å².